The molecule has 1 aliphatic heterocycles. The molecule has 3 rings (SSSR count). The minimum atomic E-state index is -0.934. The number of aromatic hydroxyl groups is 1. The van der Waals surface area contributed by atoms with E-state index < -0.39 is 11.0 Å². The van der Waals surface area contributed by atoms with Gasteiger partial charge < -0.3 is 25.4 Å². The van der Waals surface area contributed by atoms with E-state index in [1.807, 2.05) is 20.8 Å². The second kappa shape index (κ2) is 7.13. The monoisotopic (exact) mass is 375 g/mol. The van der Waals surface area contributed by atoms with Gasteiger partial charge in [-0.15, -0.1) is 0 Å². The number of phenols is 1. The number of hydrogen-bond acceptors (Lipinski definition) is 5. The average molecular weight is 375 g/mol. The zero-order valence-electron chi connectivity index (χ0n) is 16.3. The third-order valence-electron chi connectivity index (χ3n) is 6.20. The summed E-state index contributed by atoms with van der Waals surface area (Å²) in [6.07, 6.45) is 0.504. The molecule has 2 fully saturated rings. The topological polar surface area (TPSA) is 96.1 Å². The Bertz CT molecular complexity index is 728. The maximum absolute atomic E-state index is 13.1. The van der Waals surface area contributed by atoms with Crippen molar-refractivity contribution in [3.8, 4) is 5.75 Å². The fraction of sp³-hybridized carbons (Fsp3) is 0.600. The highest BCUT2D eigenvalue weighted by atomic mass is 16.5. The van der Waals surface area contributed by atoms with Gasteiger partial charge >= 0.3 is 0 Å². The summed E-state index contributed by atoms with van der Waals surface area (Å²) in [6, 6.07) is 6.51. The van der Waals surface area contributed by atoms with Crippen molar-refractivity contribution in [3.63, 3.8) is 0 Å². The van der Waals surface area contributed by atoms with Gasteiger partial charge in [-0.05, 0) is 19.1 Å². The van der Waals surface area contributed by atoms with Crippen LogP contribution in [-0.4, -0.2) is 71.1 Å². The standard InChI is InChI=1S/C20H29N3O4/c1-4-27-16-13-20(21,19(16,2)3)18(26)23-11-9-22(10-12-23)17(25)14-7-5-6-8-15(14)24/h5-8,16,24H,4,9-13,21H2,1-3H3. The molecule has 0 spiro atoms. The van der Waals surface area contributed by atoms with E-state index in [1.165, 1.54) is 6.07 Å². The molecular formula is C20H29N3O4. The molecule has 1 aliphatic carbocycles. The highest BCUT2D eigenvalue weighted by Gasteiger charge is 2.63. The molecule has 2 atom stereocenters. The van der Waals surface area contributed by atoms with Crippen molar-refractivity contribution >= 4 is 11.8 Å². The van der Waals surface area contributed by atoms with Gasteiger partial charge in [0.15, 0.2) is 0 Å². The van der Waals surface area contributed by atoms with E-state index in [0.717, 1.165) is 0 Å². The number of benzene rings is 1. The van der Waals surface area contributed by atoms with Crippen LogP contribution >= 0.6 is 0 Å². The Kier molecular flexibility index (Phi) is 5.18. The molecule has 2 amide bonds. The van der Waals surface area contributed by atoms with Gasteiger partial charge in [-0.25, -0.2) is 0 Å². The van der Waals surface area contributed by atoms with Crippen molar-refractivity contribution in [2.24, 2.45) is 11.1 Å². The highest BCUT2D eigenvalue weighted by Crippen LogP contribution is 2.50. The molecule has 7 heteroatoms. The molecule has 2 unspecified atom stereocenters. The van der Waals surface area contributed by atoms with Gasteiger partial charge in [0.1, 0.15) is 11.3 Å². The zero-order valence-corrected chi connectivity index (χ0v) is 16.3. The second-order valence-electron chi connectivity index (χ2n) is 7.94. The van der Waals surface area contributed by atoms with Gasteiger partial charge in [0.2, 0.25) is 5.91 Å². The Labute approximate surface area is 160 Å². The zero-order chi connectivity index (χ0) is 19.8. The van der Waals surface area contributed by atoms with E-state index in [1.54, 1.807) is 28.0 Å². The van der Waals surface area contributed by atoms with Gasteiger partial charge in [-0.2, -0.15) is 0 Å². The van der Waals surface area contributed by atoms with Crippen molar-refractivity contribution in [1.29, 1.82) is 0 Å². The first kappa shape index (κ1) is 19.6. The first-order valence-electron chi connectivity index (χ1n) is 9.49. The smallest absolute Gasteiger partial charge is 0.257 e. The first-order valence-corrected chi connectivity index (χ1v) is 9.49. The molecule has 27 heavy (non-hydrogen) atoms. The fourth-order valence-electron chi connectivity index (χ4n) is 4.02. The molecule has 3 N–H and O–H groups in total. The van der Waals surface area contributed by atoms with Gasteiger partial charge in [0.05, 0.1) is 11.7 Å². The third kappa shape index (κ3) is 3.19. The molecule has 148 valence electrons. The van der Waals surface area contributed by atoms with Crippen LogP contribution in [0.2, 0.25) is 0 Å². The number of nitrogens with zero attached hydrogens (tertiary/aromatic N) is 2. The summed E-state index contributed by atoms with van der Waals surface area (Å²) in [5, 5.41) is 9.88. The van der Waals surface area contributed by atoms with Gasteiger partial charge in [0, 0.05) is 44.6 Å². The maximum Gasteiger partial charge on any atom is 0.257 e. The van der Waals surface area contributed by atoms with E-state index in [-0.39, 0.29) is 29.2 Å². The van der Waals surface area contributed by atoms with Gasteiger partial charge in [0.25, 0.3) is 5.91 Å². The third-order valence-corrected chi connectivity index (χ3v) is 6.20. The molecule has 1 saturated heterocycles. The lowest BCUT2D eigenvalue weighted by Crippen LogP contribution is -2.76. The van der Waals surface area contributed by atoms with Gasteiger partial charge in [-0.3, -0.25) is 9.59 Å². The van der Waals surface area contributed by atoms with Crippen molar-refractivity contribution in [2.45, 2.75) is 38.8 Å². The number of carbonyl (C=O) groups excluding carboxylic acids is 2. The second-order valence-corrected chi connectivity index (χ2v) is 7.94. The van der Waals surface area contributed by atoms with Crippen LogP contribution in [0.1, 0.15) is 37.6 Å². The van der Waals surface area contributed by atoms with Gasteiger partial charge in [-0.1, -0.05) is 26.0 Å². The van der Waals surface area contributed by atoms with E-state index in [4.69, 9.17) is 10.5 Å². The van der Waals surface area contributed by atoms with E-state index in [2.05, 4.69) is 0 Å². The van der Waals surface area contributed by atoms with Crippen LogP contribution < -0.4 is 5.73 Å². The number of carbonyl (C=O) groups is 2. The van der Waals surface area contributed by atoms with Crippen LogP contribution in [0.25, 0.3) is 0 Å². The number of phenolic OH excluding ortho intramolecular Hbond substituents is 1. The molecule has 2 aliphatic rings. The summed E-state index contributed by atoms with van der Waals surface area (Å²) in [7, 11) is 0. The molecule has 1 aromatic rings. The molecule has 7 nitrogen and oxygen atoms in total. The van der Waals surface area contributed by atoms with Crippen molar-refractivity contribution < 1.29 is 19.4 Å². The summed E-state index contributed by atoms with van der Waals surface area (Å²) in [6.45, 7) is 8.22. The Morgan fingerprint density at radius 2 is 1.78 bits per heavy atom. The number of rotatable bonds is 4. The Morgan fingerprint density at radius 1 is 1.19 bits per heavy atom. The van der Waals surface area contributed by atoms with Crippen molar-refractivity contribution in [2.75, 3.05) is 32.8 Å². The average Bonchev–Trinajstić information content (AvgIpc) is 2.67. The minimum Gasteiger partial charge on any atom is -0.507 e. The van der Waals surface area contributed by atoms with Crippen LogP contribution in [-0.2, 0) is 9.53 Å². The lowest BCUT2D eigenvalue weighted by atomic mass is 9.54. The maximum atomic E-state index is 13.1. The summed E-state index contributed by atoms with van der Waals surface area (Å²) in [5.74, 6) is -0.318. The number of nitrogens with two attached hydrogens (primary N) is 1. The minimum absolute atomic E-state index is 0.0135. The molecule has 1 aromatic carbocycles. The van der Waals surface area contributed by atoms with E-state index in [0.29, 0.717) is 39.2 Å². The number of amides is 2. The molecule has 1 heterocycles. The summed E-state index contributed by atoms with van der Waals surface area (Å²) >= 11 is 0. The fourth-order valence-corrected chi connectivity index (χ4v) is 4.02. The highest BCUT2D eigenvalue weighted by molar-refractivity contribution is 5.97. The number of piperazine rings is 1. The molecule has 1 saturated carbocycles. The van der Waals surface area contributed by atoms with E-state index >= 15 is 0 Å². The van der Waals surface area contributed by atoms with Crippen LogP contribution in [0.3, 0.4) is 0 Å². The normalized spacial score (nSPS) is 27.2. The first-order chi connectivity index (χ1) is 12.7. The summed E-state index contributed by atoms with van der Waals surface area (Å²) in [4.78, 5) is 29.1. The van der Waals surface area contributed by atoms with Crippen LogP contribution in [0.4, 0.5) is 0 Å². The predicted molar refractivity (Wildman–Crippen MR) is 101 cm³/mol. The Hall–Kier alpha value is -2.12. The quantitative estimate of drug-likeness (QED) is 0.825. The predicted octanol–water partition coefficient (Wildman–Crippen LogP) is 1.21. The lowest BCUT2D eigenvalue weighted by Gasteiger charge is -2.59. The number of ether oxygens (including phenoxy) is 1. The molecule has 0 radical (unpaired) electrons. The summed E-state index contributed by atoms with van der Waals surface area (Å²) < 4.78 is 5.71. The van der Waals surface area contributed by atoms with E-state index in [9.17, 15) is 14.7 Å². The molecule has 0 bridgehead atoms. The van der Waals surface area contributed by atoms with Crippen molar-refractivity contribution in [3.05, 3.63) is 29.8 Å². The molecule has 0 aromatic heterocycles. The number of hydrogen-bond donors (Lipinski definition) is 2. The SMILES string of the molecule is CCOC1CC(N)(C(=O)N2CCN(C(=O)c3ccccc3O)CC2)C1(C)C. The number of para-hydroxylation sites is 1. The van der Waals surface area contributed by atoms with Crippen LogP contribution in [0, 0.1) is 5.41 Å². The Morgan fingerprint density at radius 3 is 2.33 bits per heavy atom. The Balaban J connectivity index is 1.62. The lowest BCUT2D eigenvalue weighted by molar-refractivity contribution is -0.180. The van der Waals surface area contributed by atoms with Crippen molar-refractivity contribution in [1.82, 2.24) is 9.80 Å². The molecular weight excluding hydrogens is 346 g/mol. The van der Waals surface area contributed by atoms with Crippen LogP contribution in [0.5, 0.6) is 5.75 Å². The largest absolute Gasteiger partial charge is 0.507 e. The van der Waals surface area contributed by atoms with Crippen LogP contribution in [0.15, 0.2) is 24.3 Å². The summed E-state index contributed by atoms with van der Waals surface area (Å²) in [5.41, 5.74) is 5.42.